The highest BCUT2D eigenvalue weighted by molar-refractivity contribution is 5.70. The Morgan fingerprint density at radius 1 is 1.13 bits per heavy atom. The van der Waals surface area contributed by atoms with Crippen LogP contribution in [0.15, 0.2) is 42.5 Å². The molecule has 3 rings (SSSR count). The number of ether oxygens (including phenoxy) is 3. The Labute approximate surface area is 224 Å². The van der Waals surface area contributed by atoms with Crippen LogP contribution in [0.25, 0.3) is 0 Å². The summed E-state index contributed by atoms with van der Waals surface area (Å²) in [6.07, 6.45) is 2.11. The van der Waals surface area contributed by atoms with E-state index in [-0.39, 0.29) is 37.3 Å². The van der Waals surface area contributed by atoms with Crippen LogP contribution >= 0.6 is 0 Å². The summed E-state index contributed by atoms with van der Waals surface area (Å²) in [6, 6.07) is 13.4. The molecule has 0 radical (unpaired) electrons. The lowest BCUT2D eigenvalue weighted by atomic mass is 9.88. The molecule has 2 atom stereocenters. The lowest BCUT2D eigenvalue weighted by Crippen LogP contribution is -2.45. The van der Waals surface area contributed by atoms with E-state index in [1.807, 2.05) is 0 Å². The van der Waals surface area contributed by atoms with Crippen LogP contribution in [-0.2, 0) is 33.5 Å². The molecule has 0 saturated carbocycles. The molecule has 0 unspecified atom stereocenters. The molecular weight excluding hydrogens is 492 g/mol. The summed E-state index contributed by atoms with van der Waals surface area (Å²) in [5.74, 6) is 0.166. The zero-order valence-electron chi connectivity index (χ0n) is 22.8. The predicted molar refractivity (Wildman–Crippen MR) is 142 cm³/mol. The van der Waals surface area contributed by atoms with E-state index in [1.54, 1.807) is 26.0 Å². The highest BCUT2D eigenvalue weighted by Crippen LogP contribution is 2.33. The average molecular weight is 534 g/mol. The highest BCUT2D eigenvalue weighted by atomic mass is 19.3. The summed E-state index contributed by atoms with van der Waals surface area (Å²) in [5, 5.41) is 14.1. The number of aliphatic hydroxyl groups is 1. The number of rotatable bonds is 15. The minimum atomic E-state index is -2.99. The number of esters is 1. The van der Waals surface area contributed by atoms with E-state index in [0.29, 0.717) is 23.6 Å². The highest BCUT2D eigenvalue weighted by Gasteiger charge is 2.28. The maximum absolute atomic E-state index is 13.0. The van der Waals surface area contributed by atoms with Gasteiger partial charge in [-0.15, -0.1) is 0 Å². The molecule has 38 heavy (non-hydrogen) atoms. The standard InChI is InChI=1S/C30H41F2NO5/c1-5-36-28(35)14-13-26-25(11-8-12-27(26)38-29(31)32)20(2)37-19-24(34)18-33-30(3,4)17-21-15-22-9-6-7-10-23(22)16-21/h6-12,20-21,24,29,33-34H,5,13-19H2,1-4H3/t20-,24-/m1/s1. The number of benzene rings is 2. The van der Waals surface area contributed by atoms with Crippen LogP contribution in [0, 0.1) is 5.92 Å². The fourth-order valence-electron chi connectivity index (χ4n) is 5.28. The third-order valence-corrected chi connectivity index (χ3v) is 7.00. The topological polar surface area (TPSA) is 77.0 Å². The largest absolute Gasteiger partial charge is 0.466 e. The van der Waals surface area contributed by atoms with E-state index in [0.717, 1.165) is 19.3 Å². The monoisotopic (exact) mass is 533 g/mol. The lowest BCUT2D eigenvalue weighted by molar-refractivity contribution is -0.143. The Balaban J connectivity index is 1.52. The Morgan fingerprint density at radius 2 is 1.82 bits per heavy atom. The minimum Gasteiger partial charge on any atom is -0.466 e. The van der Waals surface area contributed by atoms with Crippen molar-refractivity contribution in [3.8, 4) is 5.75 Å². The number of nitrogens with one attached hydrogen (secondary N) is 1. The summed E-state index contributed by atoms with van der Waals surface area (Å²) in [5.41, 5.74) is 3.81. The molecule has 2 aromatic carbocycles. The van der Waals surface area contributed by atoms with Crippen LogP contribution in [-0.4, -0.2) is 49.1 Å². The number of β-amino-alcohol motifs (C(OH)–C–C–N with tert-alkyl or cyclic N) is 1. The normalized spacial score (nSPS) is 15.4. The summed E-state index contributed by atoms with van der Waals surface area (Å²) < 4.78 is 41.6. The fraction of sp³-hybridized carbons (Fsp3) is 0.567. The Kier molecular flexibility index (Phi) is 11.1. The van der Waals surface area contributed by atoms with E-state index in [2.05, 4.69) is 43.4 Å². The fourth-order valence-corrected chi connectivity index (χ4v) is 5.28. The number of alkyl halides is 2. The van der Waals surface area contributed by atoms with Gasteiger partial charge in [0.25, 0.3) is 0 Å². The van der Waals surface area contributed by atoms with Gasteiger partial charge in [-0.05, 0) is 82.1 Å². The average Bonchev–Trinajstić information content (AvgIpc) is 3.26. The summed E-state index contributed by atoms with van der Waals surface area (Å²) >= 11 is 0. The molecule has 2 aromatic rings. The lowest BCUT2D eigenvalue weighted by Gasteiger charge is -2.31. The zero-order chi connectivity index (χ0) is 27.7. The van der Waals surface area contributed by atoms with E-state index >= 15 is 0 Å². The van der Waals surface area contributed by atoms with E-state index in [9.17, 15) is 18.7 Å². The maximum Gasteiger partial charge on any atom is 0.387 e. The van der Waals surface area contributed by atoms with Crippen molar-refractivity contribution >= 4 is 5.97 Å². The minimum absolute atomic E-state index is 0.00952. The Hall–Kier alpha value is -2.55. The van der Waals surface area contributed by atoms with Gasteiger partial charge in [-0.2, -0.15) is 8.78 Å². The molecule has 1 aliphatic rings. The first-order valence-corrected chi connectivity index (χ1v) is 13.4. The van der Waals surface area contributed by atoms with Crippen LogP contribution in [0.5, 0.6) is 5.75 Å². The van der Waals surface area contributed by atoms with Crippen molar-refractivity contribution in [3.05, 3.63) is 64.7 Å². The molecule has 0 amide bonds. The third kappa shape index (κ3) is 9.03. The molecule has 210 valence electrons. The van der Waals surface area contributed by atoms with Crippen molar-refractivity contribution in [1.29, 1.82) is 0 Å². The SMILES string of the molecule is CCOC(=O)CCc1c(OC(F)F)cccc1[C@@H](C)OC[C@H](O)CNC(C)(C)CC1Cc2ccccc2C1. The van der Waals surface area contributed by atoms with Crippen LogP contribution in [0.4, 0.5) is 8.78 Å². The quantitative estimate of drug-likeness (QED) is 0.299. The van der Waals surface area contributed by atoms with Gasteiger partial charge in [-0.25, -0.2) is 0 Å². The van der Waals surface area contributed by atoms with Gasteiger partial charge in [0.15, 0.2) is 0 Å². The number of halogens is 2. The van der Waals surface area contributed by atoms with Gasteiger partial charge in [0.05, 0.1) is 25.4 Å². The molecule has 0 bridgehead atoms. The second kappa shape index (κ2) is 14.0. The maximum atomic E-state index is 13.0. The number of aliphatic hydroxyl groups excluding tert-OH is 1. The van der Waals surface area contributed by atoms with Gasteiger partial charge in [-0.3, -0.25) is 4.79 Å². The van der Waals surface area contributed by atoms with E-state index in [1.165, 1.54) is 17.2 Å². The van der Waals surface area contributed by atoms with Crippen molar-refractivity contribution in [1.82, 2.24) is 5.32 Å². The number of hydrogen-bond acceptors (Lipinski definition) is 6. The molecule has 0 heterocycles. The first-order valence-electron chi connectivity index (χ1n) is 13.4. The van der Waals surface area contributed by atoms with Crippen LogP contribution in [0.2, 0.25) is 0 Å². The molecule has 2 N–H and O–H groups in total. The van der Waals surface area contributed by atoms with E-state index in [4.69, 9.17) is 14.2 Å². The summed E-state index contributed by atoms with van der Waals surface area (Å²) in [4.78, 5) is 11.9. The second-order valence-electron chi connectivity index (χ2n) is 10.6. The first-order chi connectivity index (χ1) is 18.1. The molecule has 1 aliphatic carbocycles. The predicted octanol–water partition coefficient (Wildman–Crippen LogP) is 5.40. The van der Waals surface area contributed by atoms with E-state index < -0.39 is 24.8 Å². The van der Waals surface area contributed by atoms with Crippen LogP contribution < -0.4 is 10.1 Å². The summed E-state index contributed by atoms with van der Waals surface area (Å²) in [7, 11) is 0. The van der Waals surface area contributed by atoms with Crippen LogP contribution in [0.3, 0.4) is 0 Å². The van der Waals surface area contributed by atoms with Gasteiger partial charge in [0, 0.05) is 24.1 Å². The third-order valence-electron chi connectivity index (χ3n) is 7.00. The summed E-state index contributed by atoms with van der Waals surface area (Å²) in [6.45, 7) is 5.49. The molecule has 0 fully saturated rings. The van der Waals surface area contributed by atoms with Gasteiger partial charge in [0.2, 0.25) is 0 Å². The van der Waals surface area contributed by atoms with Crippen molar-refractivity contribution in [2.75, 3.05) is 19.8 Å². The molecular formula is C30H41F2NO5. The molecule has 0 spiro atoms. The van der Waals surface area contributed by atoms with Crippen molar-refractivity contribution in [3.63, 3.8) is 0 Å². The Bertz CT molecular complexity index is 1020. The Morgan fingerprint density at radius 3 is 2.45 bits per heavy atom. The van der Waals surface area contributed by atoms with Gasteiger partial charge >= 0.3 is 12.6 Å². The molecule has 0 aromatic heterocycles. The molecule has 8 heteroatoms. The smallest absolute Gasteiger partial charge is 0.387 e. The van der Waals surface area contributed by atoms with Crippen molar-refractivity contribution in [2.24, 2.45) is 5.92 Å². The number of carbonyl (C=O) groups is 1. The number of fused-ring (bicyclic) bond motifs is 1. The molecule has 6 nitrogen and oxygen atoms in total. The van der Waals surface area contributed by atoms with Gasteiger partial charge in [0.1, 0.15) is 5.75 Å². The van der Waals surface area contributed by atoms with Gasteiger partial charge in [-0.1, -0.05) is 36.4 Å². The van der Waals surface area contributed by atoms with Crippen LogP contribution in [0.1, 0.15) is 68.9 Å². The van der Waals surface area contributed by atoms with Crippen molar-refractivity contribution in [2.45, 2.75) is 84.2 Å². The number of carbonyl (C=O) groups excluding carboxylic acids is 1. The molecule has 0 saturated heterocycles. The first kappa shape index (κ1) is 30.0. The number of hydrogen-bond donors (Lipinski definition) is 2. The second-order valence-corrected chi connectivity index (χ2v) is 10.6. The van der Waals surface area contributed by atoms with Crippen molar-refractivity contribution < 1.29 is 32.9 Å². The van der Waals surface area contributed by atoms with Gasteiger partial charge < -0.3 is 24.6 Å². The zero-order valence-corrected chi connectivity index (χ0v) is 22.8. The molecule has 0 aliphatic heterocycles.